The highest BCUT2D eigenvalue weighted by atomic mass is 16.5. The van der Waals surface area contributed by atoms with Gasteiger partial charge in [0, 0.05) is 13.7 Å². The van der Waals surface area contributed by atoms with Crippen molar-refractivity contribution in [2.24, 2.45) is 5.41 Å². The van der Waals surface area contributed by atoms with Gasteiger partial charge in [0.15, 0.2) is 0 Å². The Kier molecular flexibility index (Phi) is 3.53. The van der Waals surface area contributed by atoms with Crippen molar-refractivity contribution in [3.63, 3.8) is 0 Å². The Balaban J connectivity index is 2.43. The van der Waals surface area contributed by atoms with Crippen LogP contribution in [0.25, 0.3) is 0 Å². The fraction of sp³-hybridized carbons (Fsp3) is 1.00. The Morgan fingerprint density at radius 2 is 2.33 bits per heavy atom. The smallest absolute Gasteiger partial charge is 0.0577 e. The minimum absolute atomic E-state index is 0.466. The maximum Gasteiger partial charge on any atom is 0.0577 e. The molecule has 1 saturated carbocycles. The van der Waals surface area contributed by atoms with Gasteiger partial charge in [-0.2, -0.15) is 0 Å². The van der Waals surface area contributed by atoms with E-state index in [9.17, 15) is 0 Å². The van der Waals surface area contributed by atoms with Crippen molar-refractivity contribution in [1.82, 2.24) is 5.32 Å². The third-order valence-corrected chi connectivity index (χ3v) is 2.96. The quantitative estimate of drug-likeness (QED) is 0.699. The van der Waals surface area contributed by atoms with Crippen LogP contribution in [-0.4, -0.2) is 26.8 Å². The van der Waals surface area contributed by atoms with Crippen molar-refractivity contribution in [3.8, 4) is 0 Å². The summed E-state index contributed by atoms with van der Waals surface area (Å²) in [5.74, 6) is 0. The second kappa shape index (κ2) is 4.24. The first-order valence-electron chi connectivity index (χ1n) is 4.87. The van der Waals surface area contributed by atoms with Crippen molar-refractivity contribution in [1.29, 1.82) is 0 Å². The lowest BCUT2D eigenvalue weighted by atomic mass is 9.74. The zero-order valence-electron chi connectivity index (χ0n) is 8.52. The standard InChI is InChI=1S/C10H21NO/c1-10(8-11-2)6-4-5-9(7-10)12-3/h9,11H,4-8H2,1-3H3. The first-order valence-corrected chi connectivity index (χ1v) is 4.87. The number of rotatable bonds is 3. The van der Waals surface area contributed by atoms with E-state index in [0.29, 0.717) is 11.5 Å². The molecule has 2 atom stereocenters. The summed E-state index contributed by atoms with van der Waals surface area (Å²) in [6.07, 6.45) is 5.61. The van der Waals surface area contributed by atoms with E-state index in [2.05, 4.69) is 12.2 Å². The van der Waals surface area contributed by atoms with Crippen LogP contribution in [-0.2, 0) is 4.74 Å². The number of nitrogens with one attached hydrogen (secondary N) is 1. The summed E-state index contributed by atoms with van der Waals surface area (Å²) in [4.78, 5) is 0. The van der Waals surface area contributed by atoms with Gasteiger partial charge in [-0.15, -0.1) is 0 Å². The van der Waals surface area contributed by atoms with Crippen LogP contribution in [0.4, 0.5) is 0 Å². The summed E-state index contributed by atoms with van der Waals surface area (Å²) in [7, 11) is 3.86. The van der Waals surface area contributed by atoms with Crippen LogP contribution in [0.2, 0.25) is 0 Å². The highest BCUT2D eigenvalue weighted by Crippen LogP contribution is 2.36. The highest BCUT2D eigenvalue weighted by molar-refractivity contribution is 4.84. The van der Waals surface area contributed by atoms with Crippen LogP contribution in [0.1, 0.15) is 32.6 Å². The van der Waals surface area contributed by atoms with Gasteiger partial charge in [-0.3, -0.25) is 0 Å². The Morgan fingerprint density at radius 3 is 2.92 bits per heavy atom. The summed E-state index contributed by atoms with van der Waals surface area (Å²) in [5.41, 5.74) is 0.466. The van der Waals surface area contributed by atoms with Gasteiger partial charge in [-0.05, 0) is 31.7 Å². The van der Waals surface area contributed by atoms with Crippen LogP contribution < -0.4 is 5.32 Å². The average Bonchev–Trinajstić information content (AvgIpc) is 2.04. The number of ether oxygens (including phenoxy) is 1. The molecule has 1 rings (SSSR count). The molecule has 0 radical (unpaired) electrons. The molecule has 0 heterocycles. The molecule has 72 valence electrons. The fourth-order valence-electron chi connectivity index (χ4n) is 2.30. The van der Waals surface area contributed by atoms with Gasteiger partial charge in [0.2, 0.25) is 0 Å². The number of hydrogen-bond acceptors (Lipinski definition) is 2. The molecular weight excluding hydrogens is 150 g/mol. The van der Waals surface area contributed by atoms with Crippen molar-refractivity contribution < 1.29 is 4.74 Å². The molecule has 1 aliphatic carbocycles. The van der Waals surface area contributed by atoms with Crippen molar-refractivity contribution in [2.45, 2.75) is 38.7 Å². The molecule has 0 spiro atoms. The Hall–Kier alpha value is -0.0800. The van der Waals surface area contributed by atoms with E-state index in [0.717, 1.165) is 6.54 Å². The lowest BCUT2D eigenvalue weighted by Gasteiger charge is -2.37. The molecule has 0 bridgehead atoms. The van der Waals surface area contributed by atoms with Crippen LogP contribution in [0, 0.1) is 5.41 Å². The first-order chi connectivity index (χ1) is 5.70. The van der Waals surface area contributed by atoms with E-state index in [1.807, 2.05) is 14.2 Å². The Bertz CT molecular complexity index is 134. The molecule has 0 aromatic rings. The molecule has 1 aliphatic rings. The fourth-order valence-corrected chi connectivity index (χ4v) is 2.30. The molecule has 12 heavy (non-hydrogen) atoms. The van der Waals surface area contributed by atoms with Gasteiger partial charge >= 0.3 is 0 Å². The largest absolute Gasteiger partial charge is 0.381 e. The van der Waals surface area contributed by atoms with Crippen LogP contribution in [0.15, 0.2) is 0 Å². The molecular formula is C10H21NO. The lowest BCUT2D eigenvalue weighted by molar-refractivity contribution is 0.0200. The molecule has 1 N–H and O–H groups in total. The monoisotopic (exact) mass is 171 g/mol. The lowest BCUT2D eigenvalue weighted by Crippen LogP contribution is -2.37. The normalized spacial score (nSPS) is 36.8. The van der Waals surface area contributed by atoms with Crippen molar-refractivity contribution in [3.05, 3.63) is 0 Å². The molecule has 1 fully saturated rings. The van der Waals surface area contributed by atoms with E-state index in [1.165, 1.54) is 25.7 Å². The Morgan fingerprint density at radius 1 is 1.58 bits per heavy atom. The van der Waals surface area contributed by atoms with Gasteiger partial charge in [0.25, 0.3) is 0 Å². The minimum Gasteiger partial charge on any atom is -0.381 e. The predicted molar refractivity (Wildman–Crippen MR) is 51.3 cm³/mol. The van der Waals surface area contributed by atoms with Crippen LogP contribution in [0.5, 0.6) is 0 Å². The Labute approximate surface area is 75.7 Å². The SMILES string of the molecule is CNCC1(C)CCCC(OC)C1. The third kappa shape index (κ3) is 2.46. The maximum absolute atomic E-state index is 5.41. The van der Waals surface area contributed by atoms with Crippen LogP contribution in [0.3, 0.4) is 0 Å². The summed E-state index contributed by atoms with van der Waals surface area (Å²) in [6.45, 7) is 3.47. The molecule has 0 aromatic carbocycles. The van der Waals surface area contributed by atoms with Gasteiger partial charge in [0.1, 0.15) is 0 Å². The predicted octanol–water partition coefficient (Wildman–Crippen LogP) is 1.80. The van der Waals surface area contributed by atoms with E-state index >= 15 is 0 Å². The van der Waals surface area contributed by atoms with E-state index < -0.39 is 0 Å². The molecule has 0 saturated heterocycles. The molecule has 2 unspecified atom stereocenters. The first kappa shape index (κ1) is 10.0. The third-order valence-electron chi connectivity index (χ3n) is 2.96. The van der Waals surface area contributed by atoms with E-state index in [-0.39, 0.29) is 0 Å². The zero-order valence-corrected chi connectivity index (χ0v) is 8.52. The molecule has 0 aromatic heterocycles. The van der Waals surface area contributed by atoms with Gasteiger partial charge < -0.3 is 10.1 Å². The minimum atomic E-state index is 0.466. The van der Waals surface area contributed by atoms with Crippen molar-refractivity contribution in [2.75, 3.05) is 20.7 Å². The number of hydrogen-bond donors (Lipinski definition) is 1. The molecule has 0 aliphatic heterocycles. The van der Waals surface area contributed by atoms with E-state index in [4.69, 9.17) is 4.74 Å². The molecule has 2 nitrogen and oxygen atoms in total. The topological polar surface area (TPSA) is 21.3 Å². The van der Waals surface area contributed by atoms with Crippen molar-refractivity contribution >= 4 is 0 Å². The van der Waals surface area contributed by atoms with Crippen LogP contribution >= 0.6 is 0 Å². The van der Waals surface area contributed by atoms with Gasteiger partial charge in [-0.1, -0.05) is 13.3 Å². The van der Waals surface area contributed by atoms with Gasteiger partial charge in [0.05, 0.1) is 6.10 Å². The average molecular weight is 171 g/mol. The molecule has 2 heteroatoms. The second-order valence-corrected chi connectivity index (χ2v) is 4.30. The summed E-state index contributed by atoms with van der Waals surface area (Å²) in [5, 5.41) is 3.27. The van der Waals surface area contributed by atoms with E-state index in [1.54, 1.807) is 0 Å². The summed E-state index contributed by atoms with van der Waals surface area (Å²) in [6, 6.07) is 0. The van der Waals surface area contributed by atoms with Gasteiger partial charge in [-0.25, -0.2) is 0 Å². The maximum atomic E-state index is 5.41. The summed E-state index contributed by atoms with van der Waals surface area (Å²) < 4.78 is 5.41. The highest BCUT2D eigenvalue weighted by Gasteiger charge is 2.31. The number of methoxy groups -OCH3 is 1. The second-order valence-electron chi connectivity index (χ2n) is 4.30. The summed E-state index contributed by atoms with van der Waals surface area (Å²) >= 11 is 0. The zero-order chi connectivity index (χ0) is 9.03. The molecule has 0 amide bonds.